The lowest BCUT2D eigenvalue weighted by molar-refractivity contribution is -0.121. The Labute approximate surface area is 144 Å². The SMILES string of the molecule is C=CC(=O)NCC(=O)Nc1ccc(F)c(S(=O)(=O)N2CCOCC2)c1. The Balaban J connectivity index is 2.15. The second-order valence-electron chi connectivity index (χ2n) is 5.13. The van der Waals surface area contributed by atoms with Gasteiger partial charge < -0.3 is 15.4 Å². The number of morpholine rings is 1. The number of ether oxygens (including phenoxy) is 1. The van der Waals surface area contributed by atoms with Gasteiger partial charge in [0.15, 0.2) is 0 Å². The second-order valence-corrected chi connectivity index (χ2v) is 7.04. The third kappa shape index (κ3) is 4.84. The number of rotatable bonds is 6. The largest absolute Gasteiger partial charge is 0.379 e. The van der Waals surface area contributed by atoms with E-state index < -0.39 is 32.6 Å². The van der Waals surface area contributed by atoms with E-state index in [1.54, 1.807) is 0 Å². The number of halogens is 1. The van der Waals surface area contributed by atoms with Crippen LogP contribution in [0.3, 0.4) is 0 Å². The Morgan fingerprint density at radius 3 is 2.64 bits per heavy atom. The summed E-state index contributed by atoms with van der Waals surface area (Å²) in [6.07, 6.45) is 1.01. The van der Waals surface area contributed by atoms with Gasteiger partial charge in [-0.3, -0.25) is 9.59 Å². The highest BCUT2D eigenvalue weighted by Crippen LogP contribution is 2.23. The van der Waals surface area contributed by atoms with E-state index in [-0.39, 0.29) is 38.5 Å². The molecule has 136 valence electrons. The van der Waals surface area contributed by atoms with Gasteiger partial charge in [0.2, 0.25) is 21.8 Å². The zero-order valence-electron chi connectivity index (χ0n) is 13.3. The minimum Gasteiger partial charge on any atom is -0.379 e. The number of carbonyl (C=O) groups is 2. The summed E-state index contributed by atoms with van der Waals surface area (Å²) in [4.78, 5) is 22.2. The van der Waals surface area contributed by atoms with E-state index in [1.165, 1.54) is 6.07 Å². The molecule has 1 heterocycles. The number of anilines is 1. The van der Waals surface area contributed by atoms with Crippen LogP contribution in [0.25, 0.3) is 0 Å². The first-order chi connectivity index (χ1) is 11.8. The molecule has 0 atom stereocenters. The maximum absolute atomic E-state index is 14.0. The Morgan fingerprint density at radius 1 is 1.32 bits per heavy atom. The monoisotopic (exact) mass is 371 g/mol. The second kappa shape index (κ2) is 8.19. The van der Waals surface area contributed by atoms with Crippen LogP contribution in [-0.4, -0.2) is 57.4 Å². The lowest BCUT2D eigenvalue weighted by atomic mass is 10.3. The fourth-order valence-corrected chi connectivity index (χ4v) is 3.65. The average molecular weight is 371 g/mol. The minimum atomic E-state index is -4.04. The maximum atomic E-state index is 14.0. The van der Waals surface area contributed by atoms with Crippen molar-refractivity contribution in [3.8, 4) is 0 Å². The van der Waals surface area contributed by atoms with Gasteiger partial charge in [-0.2, -0.15) is 4.31 Å². The molecule has 25 heavy (non-hydrogen) atoms. The van der Waals surface area contributed by atoms with Crippen LogP contribution in [0.4, 0.5) is 10.1 Å². The Kier molecular flexibility index (Phi) is 6.23. The van der Waals surface area contributed by atoms with Gasteiger partial charge in [0.25, 0.3) is 0 Å². The van der Waals surface area contributed by atoms with Gasteiger partial charge in [-0.1, -0.05) is 6.58 Å². The lowest BCUT2D eigenvalue weighted by Gasteiger charge is -2.26. The molecule has 0 aromatic heterocycles. The van der Waals surface area contributed by atoms with E-state index in [9.17, 15) is 22.4 Å². The van der Waals surface area contributed by atoms with Crippen LogP contribution in [0.15, 0.2) is 35.7 Å². The van der Waals surface area contributed by atoms with Crippen LogP contribution >= 0.6 is 0 Å². The van der Waals surface area contributed by atoms with Crippen molar-refractivity contribution >= 4 is 27.5 Å². The van der Waals surface area contributed by atoms with Crippen LogP contribution in [0.5, 0.6) is 0 Å². The molecule has 1 aliphatic rings. The number of benzene rings is 1. The summed E-state index contributed by atoms with van der Waals surface area (Å²) in [5.74, 6) is -2.02. The third-order valence-electron chi connectivity index (χ3n) is 3.41. The molecule has 0 bridgehead atoms. The summed E-state index contributed by atoms with van der Waals surface area (Å²) in [6.45, 7) is 3.66. The van der Waals surface area contributed by atoms with Gasteiger partial charge in [-0.05, 0) is 24.3 Å². The summed E-state index contributed by atoms with van der Waals surface area (Å²) in [6, 6.07) is 3.25. The molecule has 1 aromatic rings. The summed E-state index contributed by atoms with van der Waals surface area (Å²) < 4.78 is 45.4. The Bertz CT molecular complexity index is 775. The third-order valence-corrected chi connectivity index (χ3v) is 5.33. The van der Waals surface area contributed by atoms with E-state index >= 15 is 0 Å². The molecule has 1 aromatic carbocycles. The van der Waals surface area contributed by atoms with Gasteiger partial charge >= 0.3 is 0 Å². The number of nitrogens with zero attached hydrogens (tertiary/aromatic N) is 1. The molecule has 2 amide bonds. The van der Waals surface area contributed by atoms with Crippen molar-refractivity contribution in [1.29, 1.82) is 0 Å². The number of hydrogen-bond acceptors (Lipinski definition) is 5. The smallest absolute Gasteiger partial charge is 0.246 e. The van der Waals surface area contributed by atoms with Crippen molar-refractivity contribution in [3.05, 3.63) is 36.7 Å². The fourth-order valence-electron chi connectivity index (χ4n) is 2.15. The first-order valence-corrected chi connectivity index (χ1v) is 8.86. The highest BCUT2D eigenvalue weighted by Gasteiger charge is 2.29. The predicted octanol–water partition coefficient (Wildman–Crippen LogP) is 0.0873. The van der Waals surface area contributed by atoms with Crippen LogP contribution in [0.2, 0.25) is 0 Å². The average Bonchev–Trinajstić information content (AvgIpc) is 2.61. The molecule has 0 aliphatic carbocycles. The molecular formula is C15H18FN3O5S. The van der Waals surface area contributed by atoms with Crippen LogP contribution in [0.1, 0.15) is 0 Å². The Morgan fingerprint density at radius 2 is 2.00 bits per heavy atom. The van der Waals surface area contributed by atoms with Crippen LogP contribution in [-0.2, 0) is 24.3 Å². The van der Waals surface area contributed by atoms with E-state index in [0.29, 0.717) is 0 Å². The van der Waals surface area contributed by atoms with E-state index in [1.807, 2.05) is 0 Å². The summed E-state index contributed by atoms with van der Waals surface area (Å²) in [7, 11) is -4.04. The van der Waals surface area contributed by atoms with Crippen molar-refractivity contribution in [2.75, 3.05) is 38.2 Å². The summed E-state index contributed by atoms with van der Waals surface area (Å²) in [5, 5.41) is 4.68. The van der Waals surface area contributed by atoms with Crippen molar-refractivity contribution in [2.24, 2.45) is 0 Å². The molecule has 0 spiro atoms. The standard InChI is InChI=1S/C15H18FN3O5S/c1-2-14(20)17-10-15(21)18-11-3-4-12(16)13(9-11)25(22,23)19-5-7-24-8-6-19/h2-4,9H,1,5-8,10H2,(H,17,20)(H,18,21). The zero-order valence-corrected chi connectivity index (χ0v) is 14.1. The van der Waals surface area contributed by atoms with E-state index in [2.05, 4.69) is 17.2 Å². The summed E-state index contributed by atoms with van der Waals surface area (Å²) >= 11 is 0. The normalized spacial score (nSPS) is 15.4. The van der Waals surface area contributed by atoms with Crippen LogP contribution < -0.4 is 10.6 Å². The number of hydrogen-bond donors (Lipinski definition) is 2. The van der Waals surface area contributed by atoms with Crippen molar-refractivity contribution in [1.82, 2.24) is 9.62 Å². The molecule has 1 aliphatic heterocycles. The van der Waals surface area contributed by atoms with Crippen LogP contribution in [0, 0.1) is 5.82 Å². The highest BCUT2D eigenvalue weighted by molar-refractivity contribution is 7.89. The zero-order chi connectivity index (χ0) is 18.4. The molecule has 2 N–H and O–H groups in total. The molecule has 10 heteroatoms. The van der Waals surface area contributed by atoms with Gasteiger partial charge in [-0.15, -0.1) is 0 Å². The first-order valence-electron chi connectivity index (χ1n) is 7.42. The molecule has 8 nitrogen and oxygen atoms in total. The number of amides is 2. The number of carbonyl (C=O) groups excluding carboxylic acids is 2. The summed E-state index contributed by atoms with van der Waals surface area (Å²) in [5.41, 5.74) is 0.103. The molecular weight excluding hydrogens is 353 g/mol. The minimum absolute atomic E-state index is 0.103. The topological polar surface area (TPSA) is 105 Å². The molecule has 2 rings (SSSR count). The molecule has 1 fully saturated rings. The predicted molar refractivity (Wildman–Crippen MR) is 87.8 cm³/mol. The molecule has 1 saturated heterocycles. The van der Waals surface area contributed by atoms with E-state index in [4.69, 9.17) is 4.74 Å². The van der Waals surface area contributed by atoms with Gasteiger partial charge in [0.1, 0.15) is 10.7 Å². The molecule has 0 unspecified atom stereocenters. The molecule has 0 saturated carbocycles. The Hall–Kier alpha value is -2.30. The lowest BCUT2D eigenvalue weighted by Crippen LogP contribution is -2.41. The van der Waals surface area contributed by atoms with Crippen molar-refractivity contribution < 1.29 is 27.1 Å². The quantitative estimate of drug-likeness (QED) is 0.690. The maximum Gasteiger partial charge on any atom is 0.246 e. The van der Waals surface area contributed by atoms with Crippen molar-refractivity contribution in [2.45, 2.75) is 4.90 Å². The number of sulfonamides is 1. The fraction of sp³-hybridized carbons (Fsp3) is 0.333. The van der Waals surface area contributed by atoms with Gasteiger partial charge in [0, 0.05) is 18.8 Å². The molecule has 0 radical (unpaired) electrons. The number of nitrogens with one attached hydrogen (secondary N) is 2. The van der Waals surface area contributed by atoms with Gasteiger partial charge in [-0.25, -0.2) is 12.8 Å². The van der Waals surface area contributed by atoms with Gasteiger partial charge in [0.05, 0.1) is 19.8 Å². The highest BCUT2D eigenvalue weighted by atomic mass is 32.2. The van der Waals surface area contributed by atoms with E-state index in [0.717, 1.165) is 22.5 Å². The first kappa shape index (κ1) is 19.0. The van der Waals surface area contributed by atoms with Crippen molar-refractivity contribution in [3.63, 3.8) is 0 Å².